The van der Waals surface area contributed by atoms with E-state index in [9.17, 15) is 9.59 Å². The highest BCUT2D eigenvalue weighted by Crippen LogP contribution is 2.27. The van der Waals surface area contributed by atoms with Gasteiger partial charge in [0.2, 0.25) is 11.8 Å². The third-order valence-electron chi connectivity index (χ3n) is 4.55. The molecule has 144 valence electrons. The van der Waals surface area contributed by atoms with E-state index in [1.165, 1.54) is 11.0 Å². The van der Waals surface area contributed by atoms with Crippen molar-refractivity contribution >= 4 is 17.5 Å². The molecule has 0 bridgehead atoms. The maximum Gasteiger partial charge on any atom is 0.229 e. The van der Waals surface area contributed by atoms with E-state index >= 15 is 0 Å². The quantitative estimate of drug-likeness (QED) is 0.682. The summed E-state index contributed by atoms with van der Waals surface area (Å²) in [4.78, 5) is 26.5. The Morgan fingerprint density at radius 1 is 1.39 bits per heavy atom. The molecular weight excluding hydrogens is 364 g/mol. The van der Waals surface area contributed by atoms with Crippen molar-refractivity contribution in [1.29, 1.82) is 0 Å². The van der Waals surface area contributed by atoms with Gasteiger partial charge in [-0.2, -0.15) is 4.68 Å². The van der Waals surface area contributed by atoms with Crippen LogP contribution < -0.4 is 10.1 Å². The molecule has 4 rings (SSSR count). The summed E-state index contributed by atoms with van der Waals surface area (Å²) in [5, 5.41) is 13.9. The predicted molar refractivity (Wildman–Crippen MR) is 96.6 cm³/mol. The normalized spacial score (nSPS) is 16.4. The summed E-state index contributed by atoms with van der Waals surface area (Å²) in [6, 6.07) is 8.73. The minimum absolute atomic E-state index is 0.0688. The van der Waals surface area contributed by atoms with E-state index in [0.717, 1.165) is 0 Å². The number of anilines is 1. The van der Waals surface area contributed by atoms with Crippen LogP contribution in [0.5, 0.6) is 5.75 Å². The fourth-order valence-electron chi connectivity index (χ4n) is 3.15. The molecule has 10 heteroatoms. The van der Waals surface area contributed by atoms with E-state index in [4.69, 9.17) is 9.15 Å². The molecule has 1 N–H and O–H groups in total. The molecule has 28 heavy (non-hydrogen) atoms. The number of nitrogens with zero attached hydrogens (tertiary/aromatic N) is 5. The molecule has 2 aromatic heterocycles. The number of ether oxygens (including phenoxy) is 1. The van der Waals surface area contributed by atoms with Crippen molar-refractivity contribution in [3.63, 3.8) is 0 Å². The zero-order valence-corrected chi connectivity index (χ0v) is 15.1. The number of hydrogen-bond acceptors (Lipinski definition) is 7. The maximum atomic E-state index is 12.7. The molecule has 1 aliphatic heterocycles. The smallest absolute Gasteiger partial charge is 0.229 e. The van der Waals surface area contributed by atoms with Crippen LogP contribution in [0.15, 0.2) is 47.3 Å². The van der Waals surface area contributed by atoms with Gasteiger partial charge in [0.25, 0.3) is 0 Å². The molecule has 0 radical (unpaired) electrons. The second kappa shape index (κ2) is 7.51. The monoisotopic (exact) mass is 382 g/mol. The molecule has 3 aromatic rings. The lowest BCUT2D eigenvalue weighted by atomic mass is 10.1. The van der Waals surface area contributed by atoms with Crippen LogP contribution in [-0.4, -0.2) is 50.6 Å². The highest BCUT2D eigenvalue weighted by molar-refractivity contribution is 5.97. The molecule has 1 atom stereocenters. The average molecular weight is 382 g/mol. The van der Waals surface area contributed by atoms with Crippen molar-refractivity contribution in [2.75, 3.05) is 19.0 Å². The van der Waals surface area contributed by atoms with Crippen LogP contribution >= 0.6 is 0 Å². The summed E-state index contributed by atoms with van der Waals surface area (Å²) < 4.78 is 12.0. The van der Waals surface area contributed by atoms with Gasteiger partial charge in [0.05, 0.1) is 25.8 Å². The first-order chi connectivity index (χ1) is 13.6. The van der Waals surface area contributed by atoms with Crippen LogP contribution in [0, 0.1) is 5.92 Å². The number of rotatable bonds is 6. The van der Waals surface area contributed by atoms with Gasteiger partial charge >= 0.3 is 0 Å². The number of likely N-dealkylation sites (tertiary alicyclic amines) is 1. The van der Waals surface area contributed by atoms with Crippen LogP contribution in [0.1, 0.15) is 12.2 Å². The van der Waals surface area contributed by atoms with Crippen LogP contribution in [0.2, 0.25) is 0 Å². The lowest BCUT2D eigenvalue weighted by Gasteiger charge is -2.15. The van der Waals surface area contributed by atoms with E-state index < -0.39 is 5.92 Å². The summed E-state index contributed by atoms with van der Waals surface area (Å²) in [5.74, 6) is 0.534. The SMILES string of the molecule is COc1ccc(NC(=O)[C@@H]2CC(=O)N(Cc3ccco3)C2)cc1-n1cnnn1. The van der Waals surface area contributed by atoms with Gasteiger partial charge in [-0.3, -0.25) is 9.59 Å². The maximum absolute atomic E-state index is 12.7. The number of furan rings is 1. The van der Waals surface area contributed by atoms with Gasteiger partial charge in [-0.05, 0) is 40.8 Å². The van der Waals surface area contributed by atoms with Gasteiger partial charge in [-0.25, -0.2) is 0 Å². The Morgan fingerprint density at radius 3 is 3.00 bits per heavy atom. The van der Waals surface area contributed by atoms with Gasteiger partial charge in [0, 0.05) is 18.7 Å². The largest absolute Gasteiger partial charge is 0.494 e. The third-order valence-corrected chi connectivity index (χ3v) is 4.55. The van der Waals surface area contributed by atoms with E-state index in [0.29, 0.717) is 36.0 Å². The third kappa shape index (κ3) is 3.56. The number of aromatic nitrogens is 4. The molecule has 1 aliphatic rings. The predicted octanol–water partition coefficient (Wildman–Crippen LogP) is 1.25. The van der Waals surface area contributed by atoms with Crippen LogP contribution in [0.25, 0.3) is 5.69 Å². The lowest BCUT2D eigenvalue weighted by molar-refractivity contribution is -0.128. The van der Waals surface area contributed by atoms with E-state index in [-0.39, 0.29) is 18.2 Å². The number of hydrogen-bond donors (Lipinski definition) is 1. The van der Waals surface area contributed by atoms with Crippen molar-refractivity contribution in [2.45, 2.75) is 13.0 Å². The molecule has 1 aromatic carbocycles. The molecule has 1 saturated heterocycles. The molecule has 2 amide bonds. The van der Waals surface area contributed by atoms with E-state index in [2.05, 4.69) is 20.8 Å². The minimum Gasteiger partial charge on any atom is -0.494 e. The Labute approximate surface area is 160 Å². The van der Waals surface area contributed by atoms with Crippen molar-refractivity contribution < 1.29 is 18.7 Å². The number of tetrazole rings is 1. The molecule has 0 aliphatic carbocycles. The Balaban J connectivity index is 1.45. The average Bonchev–Trinajstić information content (AvgIpc) is 3.45. The van der Waals surface area contributed by atoms with Gasteiger partial charge in [0.1, 0.15) is 23.5 Å². The number of benzene rings is 1. The molecule has 1 fully saturated rings. The topological polar surface area (TPSA) is 115 Å². The van der Waals surface area contributed by atoms with Crippen LogP contribution in [0.4, 0.5) is 5.69 Å². The molecule has 0 saturated carbocycles. The van der Waals surface area contributed by atoms with Crippen LogP contribution in [-0.2, 0) is 16.1 Å². The number of nitrogens with one attached hydrogen (secondary N) is 1. The number of carbonyl (C=O) groups excluding carboxylic acids is 2. The zero-order chi connectivity index (χ0) is 19.5. The number of amides is 2. The first-order valence-electron chi connectivity index (χ1n) is 8.66. The van der Waals surface area contributed by atoms with Crippen molar-refractivity contribution in [3.8, 4) is 11.4 Å². The Morgan fingerprint density at radius 2 is 2.29 bits per heavy atom. The van der Waals surface area contributed by atoms with Gasteiger partial charge in [-0.1, -0.05) is 0 Å². The van der Waals surface area contributed by atoms with E-state index in [1.54, 1.807) is 48.6 Å². The zero-order valence-electron chi connectivity index (χ0n) is 15.1. The number of carbonyl (C=O) groups is 2. The van der Waals surface area contributed by atoms with Crippen molar-refractivity contribution in [2.24, 2.45) is 5.92 Å². The molecule has 0 unspecified atom stereocenters. The summed E-state index contributed by atoms with van der Waals surface area (Å²) in [6.07, 6.45) is 3.17. The summed E-state index contributed by atoms with van der Waals surface area (Å²) in [6.45, 7) is 0.711. The summed E-state index contributed by atoms with van der Waals surface area (Å²) >= 11 is 0. The van der Waals surface area contributed by atoms with Crippen molar-refractivity contribution in [1.82, 2.24) is 25.1 Å². The van der Waals surface area contributed by atoms with Crippen LogP contribution in [0.3, 0.4) is 0 Å². The summed E-state index contributed by atoms with van der Waals surface area (Å²) in [7, 11) is 1.54. The van der Waals surface area contributed by atoms with Gasteiger partial charge < -0.3 is 19.4 Å². The number of methoxy groups -OCH3 is 1. The fraction of sp³-hybridized carbons (Fsp3) is 0.278. The first kappa shape index (κ1) is 17.7. The fourth-order valence-corrected chi connectivity index (χ4v) is 3.15. The minimum atomic E-state index is -0.430. The highest BCUT2D eigenvalue weighted by atomic mass is 16.5. The standard InChI is InChI=1S/C18H18N6O4/c1-27-16-5-4-13(8-15(16)24-11-19-21-22-24)20-18(26)12-7-17(25)23(9-12)10-14-3-2-6-28-14/h2-6,8,11-12H,7,9-10H2,1H3,(H,20,26)/t12-/m1/s1. The molecule has 0 spiro atoms. The van der Waals surface area contributed by atoms with E-state index in [1.807, 2.05) is 0 Å². The second-order valence-corrected chi connectivity index (χ2v) is 6.38. The molecule has 10 nitrogen and oxygen atoms in total. The van der Waals surface area contributed by atoms with Gasteiger partial charge in [0.15, 0.2) is 0 Å². The highest BCUT2D eigenvalue weighted by Gasteiger charge is 2.34. The molecule has 3 heterocycles. The van der Waals surface area contributed by atoms with Gasteiger partial charge in [-0.15, -0.1) is 5.10 Å². The Kier molecular flexibility index (Phi) is 4.75. The lowest BCUT2D eigenvalue weighted by Crippen LogP contribution is -2.27. The second-order valence-electron chi connectivity index (χ2n) is 6.38. The Hall–Kier alpha value is -3.69. The molecular formula is C18H18N6O4. The van der Waals surface area contributed by atoms with Crippen molar-refractivity contribution in [3.05, 3.63) is 48.7 Å². The summed E-state index contributed by atoms with van der Waals surface area (Å²) in [5.41, 5.74) is 1.15. The first-order valence-corrected chi connectivity index (χ1v) is 8.66. The Bertz CT molecular complexity index is 970.